The van der Waals surface area contributed by atoms with E-state index in [4.69, 9.17) is 4.52 Å². The Morgan fingerprint density at radius 3 is 2.67 bits per heavy atom. The molecule has 2 aromatic rings. The van der Waals surface area contributed by atoms with Gasteiger partial charge < -0.3 is 4.52 Å². The van der Waals surface area contributed by atoms with Gasteiger partial charge in [-0.05, 0) is 6.07 Å². The molecule has 0 amide bonds. The number of hydrogen-bond donors (Lipinski definition) is 0. The third-order valence-corrected chi connectivity index (χ3v) is 1.50. The molecule has 1 radical (unpaired) electrons. The van der Waals surface area contributed by atoms with Crippen molar-refractivity contribution in [2.75, 3.05) is 0 Å². The fourth-order valence-electron chi connectivity index (χ4n) is 0.952. The molecule has 0 N–H and O–H groups in total. The van der Waals surface area contributed by atoms with Gasteiger partial charge in [0, 0.05) is 12.5 Å². The van der Waals surface area contributed by atoms with Crippen LogP contribution in [0.15, 0.2) is 28.8 Å². The van der Waals surface area contributed by atoms with Crippen molar-refractivity contribution in [1.82, 2.24) is 10.1 Å². The van der Waals surface area contributed by atoms with Gasteiger partial charge in [0.1, 0.15) is 0 Å². The lowest BCUT2D eigenvalue weighted by atomic mass is 10.2. The Morgan fingerprint density at radius 2 is 2.08 bits per heavy atom. The van der Waals surface area contributed by atoms with Gasteiger partial charge in [0.2, 0.25) is 11.7 Å². The minimum Gasteiger partial charge on any atom is -0.339 e. The molecular weight excluding hydrogens is 152 g/mol. The third-order valence-electron chi connectivity index (χ3n) is 1.50. The van der Waals surface area contributed by atoms with E-state index in [-0.39, 0.29) is 0 Å². The van der Waals surface area contributed by atoms with E-state index in [1.165, 1.54) is 0 Å². The van der Waals surface area contributed by atoms with Crippen LogP contribution in [0.1, 0.15) is 5.89 Å². The number of rotatable bonds is 1. The van der Waals surface area contributed by atoms with Crippen molar-refractivity contribution >= 4 is 0 Å². The lowest BCUT2D eigenvalue weighted by molar-refractivity contribution is 0.394. The standard InChI is InChI=1S/C9H7N2O/c1-7-10-9(11-12-7)8-5-3-2-4-6-8/h3-6H,1H3. The van der Waals surface area contributed by atoms with Gasteiger partial charge >= 0.3 is 0 Å². The van der Waals surface area contributed by atoms with Crippen molar-refractivity contribution in [3.8, 4) is 11.4 Å². The summed E-state index contributed by atoms with van der Waals surface area (Å²) in [5, 5.41) is 3.79. The molecular formula is C9H7N2O. The molecule has 0 unspecified atom stereocenters. The first-order valence-electron chi connectivity index (χ1n) is 3.63. The Labute approximate surface area is 70.0 Å². The molecule has 12 heavy (non-hydrogen) atoms. The summed E-state index contributed by atoms with van der Waals surface area (Å²) >= 11 is 0. The average molecular weight is 159 g/mol. The maximum Gasteiger partial charge on any atom is 0.223 e. The van der Waals surface area contributed by atoms with Crippen LogP contribution in [0.2, 0.25) is 0 Å². The first-order chi connectivity index (χ1) is 5.86. The monoisotopic (exact) mass is 159 g/mol. The number of aryl methyl sites for hydroxylation is 1. The molecule has 0 saturated heterocycles. The van der Waals surface area contributed by atoms with Crippen molar-refractivity contribution in [1.29, 1.82) is 0 Å². The summed E-state index contributed by atoms with van der Waals surface area (Å²) in [6.45, 7) is 1.77. The zero-order valence-corrected chi connectivity index (χ0v) is 6.61. The topological polar surface area (TPSA) is 38.9 Å². The molecule has 59 valence electrons. The van der Waals surface area contributed by atoms with Crippen LogP contribution in [0.4, 0.5) is 0 Å². The minimum atomic E-state index is 0.581. The van der Waals surface area contributed by atoms with Crippen LogP contribution in [0.25, 0.3) is 11.4 Å². The Hall–Kier alpha value is -1.64. The fourth-order valence-corrected chi connectivity index (χ4v) is 0.952. The minimum absolute atomic E-state index is 0.581. The normalized spacial score (nSPS) is 10.1. The van der Waals surface area contributed by atoms with Crippen LogP contribution in [-0.2, 0) is 0 Å². The van der Waals surface area contributed by atoms with E-state index in [0.29, 0.717) is 11.7 Å². The van der Waals surface area contributed by atoms with Gasteiger partial charge in [0.15, 0.2) is 0 Å². The predicted octanol–water partition coefficient (Wildman–Crippen LogP) is 1.85. The Morgan fingerprint density at radius 1 is 1.33 bits per heavy atom. The van der Waals surface area contributed by atoms with Gasteiger partial charge in [-0.1, -0.05) is 29.4 Å². The third kappa shape index (κ3) is 1.21. The molecule has 3 heteroatoms. The zero-order chi connectivity index (χ0) is 8.39. The Bertz CT molecular complexity index is 367. The average Bonchev–Trinajstić information content (AvgIpc) is 2.54. The number of nitrogens with zero attached hydrogens (tertiary/aromatic N) is 2. The van der Waals surface area contributed by atoms with Gasteiger partial charge in [0.05, 0.1) is 0 Å². The van der Waals surface area contributed by atoms with Gasteiger partial charge in [0.25, 0.3) is 0 Å². The maximum atomic E-state index is 4.85. The van der Waals surface area contributed by atoms with Gasteiger partial charge in [-0.15, -0.1) is 0 Å². The second kappa shape index (κ2) is 2.77. The molecule has 0 aliphatic heterocycles. The smallest absolute Gasteiger partial charge is 0.223 e. The number of hydrogen-bond acceptors (Lipinski definition) is 3. The van der Waals surface area contributed by atoms with Crippen molar-refractivity contribution in [3.05, 3.63) is 36.2 Å². The van der Waals surface area contributed by atoms with Crippen LogP contribution in [-0.4, -0.2) is 10.1 Å². The SMILES string of the molecule is Cc1nc(-c2cc[c]cc2)no1. The molecule has 0 aliphatic rings. The van der Waals surface area contributed by atoms with E-state index >= 15 is 0 Å². The van der Waals surface area contributed by atoms with Crippen LogP contribution < -0.4 is 0 Å². The lowest BCUT2D eigenvalue weighted by Gasteiger charge is -1.89. The highest BCUT2D eigenvalue weighted by molar-refractivity contribution is 5.53. The summed E-state index contributed by atoms with van der Waals surface area (Å²) in [6.07, 6.45) is 0. The summed E-state index contributed by atoms with van der Waals surface area (Å²) in [5.41, 5.74) is 0.950. The van der Waals surface area contributed by atoms with Gasteiger partial charge in [-0.3, -0.25) is 0 Å². The van der Waals surface area contributed by atoms with Crippen molar-refractivity contribution in [2.45, 2.75) is 6.92 Å². The first-order valence-corrected chi connectivity index (χ1v) is 3.63. The van der Waals surface area contributed by atoms with Crippen molar-refractivity contribution in [2.24, 2.45) is 0 Å². The van der Waals surface area contributed by atoms with Crippen LogP contribution >= 0.6 is 0 Å². The Kier molecular flexibility index (Phi) is 1.63. The highest BCUT2D eigenvalue weighted by atomic mass is 16.5. The summed E-state index contributed by atoms with van der Waals surface area (Å²) in [5.74, 6) is 1.21. The summed E-state index contributed by atoms with van der Waals surface area (Å²) < 4.78 is 4.85. The molecule has 3 nitrogen and oxygen atoms in total. The van der Waals surface area contributed by atoms with Gasteiger partial charge in [-0.25, -0.2) is 0 Å². The maximum absolute atomic E-state index is 4.85. The van der Waals surface area contributed by atoms with E-state index in [1.807, 2.05) is 24.3 Å². The summed E-state index contributed by atoms with van der Waals surface area (Å²) in [7, 11) is 0. The molecule has 1 aromatic heterocycles. The van der Waals surface area contributed by atoms with E-state index in [0.717, 1.165) is 5.56 Å². The zero-order valence-electron chi connectivity index (χ0n) is 6.61. The second-order valence-corrected chi connectivity index (χ2v) is 2.43. The summed E-state index contributed by atoms with van der Waals surface area (Å²) in [6, 6.07) is 10.4. The van der Waals surface area contributed by atoms with Crippen molar-refractivity contribution in [3.63, 3.8) is 0 Å². The van der Waals surface area contributed by atoms with Crippen LogP contribution in [0.5, 0.6) is 0 Å². The summed E-state index contributed by atoms with van der Waals surface area (Å²) in [4.78, 5) is 4.09. The van der Waals surface area contributed by atoms with Gasteiger partial charge in [-0.2, -0.15) is 4.98 Å². The largest absolute Gasteiger partial charge is 0.339 e. The molecule has 0 bridgehead atoms. The van der Waals surface area contributed by atoms with Crippen molar-refractivity contribution < 1.29 is 4.52 Å². The number of aromatic nitrogens is 2. The Balaban J connectivity index is 2.45. The lowest BCUT2D eigenvalue weighted by Crippen LogP contribution is -1.78. The van der Waals surface area contributed by atoms with E-state index < -0.39 is 0 Å². The highest BCUT2D eigenvalue weighted by Crippen LogP contribution is 2.13. The fraction of sp³-hybridized carbons (Fsp3) is 0.111. The van der Waals surface area contributed by atoms with E-state index in [1.54, 1.807) is 6.92 Å². The molecule has 0 atom stereocenters. The second-order valence-electron chi connectivity index (χ2n) is 2.43. The first kappa shape index (κ1) is 7.03. The molecule has 1 aromatic carbocycles. The predicted molar refractivity (Wildman–Crippen MR) is 43.3 cm³/mol. The highest BCUT2D eigenvalue weighted by Gasteiger charge is 2.02. The van der Waals surface area contributed by atoms with E-state index in [9.17, 15) is 0 Å². The molecule has 2 rings (SSSR count). The number of benzene rings is 1. The van der Waals surface area contributed by atoms with Crippen LogP contribution in [0.3, 0.4) is 0 Å². The molecule has 1 heterocycles. The molecule has 0 fully saturated rings. The van der Waals surface area contributed by atoms with Crippen LogP contribution in [0, 0.1) is 13.0 Å². The molecule has 0 spiro atoms. The van der Waals surface area contributed by atoms with E-state index in [2.05, 4.69) is 16.2 Å². The molecule has 0 saturated carbocycles. The quantitative estimate of drug-likeness (QED) is 0.637. The molecule has 0 aliphatic carbocycles.